The van der Waals surface area contributed by atoms with Crippen LogP contribution in [0, 0.1) is 0 Å². The first-order chi connectivity index (χ1) is 8.34. The van der Waals surface area contributed by atoms with E-state index in [-0.39, 0.29) is 17.0 Å². The highest BCUT2D eigenvalue weighted by molar-refractivity contribution is 7.92. The van der Waals surface area contributed by atoms with Crippen LogP contribution in [-0.4, -0.2) is 36.9 Å². The van der Waals surface area contributed by atoms with Crippen molar-refractivity contribution >= 4 is 27.4 Å². The zero-order chi connectivity index (χ0) is 13.8. The van der Waals surface area contributed by atoms with Crippen molar-refractivity contribution in [2.24, 2.45) is 0 Å². The second-order valence-electron chi connectivity index (χ2n) is 3.61. The number of anilines is 1. The number of benzene rings is 1. The summed E-state index contributed by atoms with van der Waals surface area (Å²) in [6.45, 7) is 1.45. The summed E-state index contributed by atoms with van der Waals surface area (Å²) in [5, 5.41) is 11.1. The molecule has 0 aliphatic carbocycles. The Labute approximate surface area is 105 Å². The predicted molar refractivity (Wildman–Crippen MR) is 66.4 cm³/mol. The highest BCUT2D eigenvalue weighted by Crippen LogP contribution is 2.10. The second-order valence-corrected chi connectivity index (χ2v) is 5.96. The van der Waals surface area contributed by atoms with E-state index in [2.05, 4.69) is 5.32 Å². The van der Waals surface area contributed by atoms with Gasteiger partial charge in [-0.15, -0.1) is 0 Å². The molecule has 0 heterocycles. The van der Waals surface area contributed by atoms with E-state index >= 15 is 0 Å². The Morgan fingerprint density at radius 3 is 2.56 bits per heavy atom. The third-order valence-corrected chi connectivity index (χ3v) is 3.77. The first-order valence-corrected chi connectivity index (χ1v) is 7.00. The lowest BCUT2D eigenvalue weighted by Crippen LogP contribution is -2.24. The Morgan fingerprint density at radius 1 is 1.33 bits per heavy atom. The number of carbonyl (C=O) groups is 2. The van der Waals surface area contributed by atoms with E-state index in [1.807, 2.05) is 0 Å². The van der Waals surface area contributed by atoms with Crippen LogP contribution in [0.3, 0.4) is 0 Å². The molecule has 2 N–H and O–H groups in total. The maximum atomic E-state index is 11.4. The van der Waals surface area contributed by atoms with Gasteiger partial charge in [0.2, 0.25) is 5.91 Å². The van der Waals surface area contributed by atoms with Gasteiger partial charge in [0.05, 0.1) is 5.56 Å². The maximum Gasteiger partial charge on any atom is 0.335 e. The molecule has 0 aliphatic rings. The number of aromatic carboxylic acids is 1. The van der Waals surface area contributed by atoms with Crippen molar-refractivity contribution in [1.29, 1.82) is 0 Å². The number of amides is 1. The third-order valence-electron chi connectivity index (χ3n) is 2.18. The van der Waals surface area contributed by atoms with E-state index < -0.39 is 27.5 Å². The highest BCUT2D eigenvalue weighted by atomic mass is 32.2. The van der Waals surface area contributed by atoms with Gasteiger partial charge >= 0.3 is 5.97 Å². The van der Waals surface area contributed by atoms with Gasteiger partial charge in [0.15, 0.2) is 9.84 Å². The minimum Gasteiger partial charge on any atom is -0.478 e. The summed E-state index contributed by atoms with van der Waals surface area (Å²) in [4.78, 5) is 22.1. The van der Waals surface area contributed by atoms with Crippen molar-refractivity contribution in [2.75, 3.05) is 16.8 Å². The van der Waals surface area contributed by atoms with Gasteiger partial charge in [-0.3, -0.25) is 4.79 Å². The molecule has 1 amide bonds. The molecular weight excluding hydrogens is 258 g/mol. The van der Waals surface area contributed by atoms with Crippen LogP contribution in [0.5, 0.6) is 0 Å². The first kappa shape index (κ1) is 14.2. The molecule has 0 unspecified atom stereocenters. The van der Waals surface area contributed by atoms with Crippen molar-refractivity contribution in [2.45, 2.75) is 6.92 Å². The quantitative estimate of drug-likeness (QED) is 0.823. The standard InChI is InChI=1S/C11H13NO5S/c1-2-18(16,17)7-10(13)12-9-5-3-4-8(6-9)11(14)15/h3-6H,2,7H2,1H3,(H,12,13)(H,14,15). The summed E-state index contributed by atoms with van der Waals surface area (Å²) >= 11 is 0. The van der Waals surface area contributed by atoms with Crippen LogP contribution in [0.2, 0.25) is 0 Å². The van der Waals surface area contributed by atoms with Crippen LogP contribution in [0.1, 0.15) is 17.3 Å². The molecule has 0 saturated heterocycles. The number of nitrogens with one attached hydrogen (secondary N) is 1. The molecule has 1 aromatic carbocycles. The van der Waals surface area contributed by atoms with Crippen molar-refractivity contribution in [3.63, 3.8) is 0 Å². The number of carboxylic acids is 1. The molecule has 1 rings (SSSR count). The molecule has 0 radical (unpaired) electrons. The fraction of sp³-hybridized carbons (Fsp3) is 0.273. The first-order valence-electron chi connectivity index (χ1n) is 5.17. The molecule has 0 spiro atoms. The van der Waals surface area contributed by atoms with E-state index in [0.29, 0.717) is 0 Å². The number of sulfone groups is 1. The molecule has 98 valence electrons. The van der Waals surface area contributed by atoms with Crippen molar-refractivity contribution in [1.82, 2.24) is 0 Å². The molecule has 0 aliphatic heterocycles. The molecule has 0 fully saturated rings. The zero-order valence-corrected chi connectivity index (χ0v) is 10.5. The average molecular weight is 271 g/mol. The summed E-state index contributed by atoms with van der Waals surface area (Å²) in [6, 6.07) is 5.59. The van der Waals surface area contributed by atoms with E-state index in [0.717, 1.165) is 0 Å². The van der Waals surface area contributed by atoms with Gasteiger partial charge in [0.25, 0.3) is 0 Å². The van der Waals surface area contributed by atoms with E-state index in [1.165, 1.54) is 31.2 Å². The predicted octanol–water partition coefficient (Wildman–Crippen LogP) is 0.758. The van der Waals surface area contributed by atoms with Crippen molar-refractivity contribution in [3.05, 3.63) is 29.8 Å². The number of carbonyl (C=O) groups excluding carboxylic acids is 1. The zero-order valence-electron chi connectivity index (χ0n) is 9.71. The van der Waals surface area contributed by atoms with E-state index in [9.17, 15) is 18.0 Å². The van der Waals surface area contributed by atoms with Crippen molar-refractivity contribution < 1.29 is 23.1 Å². The van der Waals surface area contributed by atoms with Crippen LogP contribution in [0.25, 0.3) is 0 Å². The summed E-state index contributed by atoms with van der Waals surface area (Å²) in [7, 11) is -3.39. The molecule has 0 bridgehead atoms. The fourth-order valence-corrected chi connectivity index (χ4v) is 1.90. The lowest BCUT2D eigenvalue weighted by Gasteiger charge is -2.05. The Morgan fingerprint density at radius 2 is 2.00 bits per heavy atom. The van der Waals surface area contributed by atoms with Crippen LogP contribution in [0.15, 0.2) is 24.3 Å². The second kappa shape index (κ2) is 5.63. The monoisotopic (exact) mass is 271 g/mol. The number of hydrogen-bond acceptors (Lipinski definition) is 4. The molecule has 0 saturated carbocycles. The topological polar surface area (TPSA) is 101 Å². The lowest BCUT2D eigenvalue weighted by molar-refractivity contribution is -0.113. The summed E-state index contributed by atoms with van der Waals surface area (Å²) < 4.78 is 22.4. The minimum atomic E-state index is -3.39. The van der Waals surface area contributed by atoms with Crippen LogP contribution < -0.4 is 5.32 Å². The normalized spacial score (nSPS) is 10.9. The highest BCUT2D eigenvalue weighted by Gasteiger charge is 2.14. The number of hydrogen-bond donors (Lipinski definition) is 2. The van der Waals surface area contributed by atoms with Gasteiger partial charge < -0.3 is 10.4 Å². The van der Waals surface area contributed by atoms with Crippen LogP contribution in [-0.2, 0) is 14.6 Å². The maximum absolute atomic E-state index is 11.4. The summed E-state index contributed by atoms with van der Waals surface area (Å²) in [6.07, 6.45) is 0. The van der Waals surface area contributed by atoms with Crippen LogP contribution in [0.4, 0.5) is 5.69 Å². The van der Waals surface area contributed by atoms with Crippen molar-refractivity contribution in [3.8, 4) is 0 Å². The average Bonchev–Trinajstić information content (AvgIpc) is 2.28. The molecule has 18 heavy (non-hydrogen) atoms. The largest absolute Gasteiger partial charge is 0.478 e. The third kappa shape index (κ3) is 4.17. The van der Waals surface area contributed by atoms with Gasteiger partial charge in [0, 0.05) is 11.4 Å². The SMILES string of the molecule is CCS(=O)(=O)CC(=O)Nc1cccc(C(=O)O)c1. The Bertz CT molecular complexity index is 565. The molecule has 6 nitrogen and oxygen atoms in total. The summed E-state index contributed by atoms with van der Waals surface area (Å²) in [5.41, 5.74) is 0.275. The number of rotatable bonds is 5. The molecule has 0 aromatic heterocycles. The smallest absolute Gasteiger partial charge is 0.335 e. The molecule has 7 heteroatoms. The summed E-state index contributed by atoms with van der Waals surface area (Å²) in [5.74, 6) is -2.53. The van der Waals surface area contributed by atoms with Gasteiger partial charge in [-0.25, -0.2) is 13.2 Å². The molecular formula is C11H13NO5S. The molecule has 1 aromatic rings. The lowest BCUT2D eigenvalue weighted by atomic mass is 10.2. The van der Waals surface area contributed by atoms with E-state index in [1.54, 1.807) is 0 Å². The van der Waals surface area contributed by atoms with Gasteiger partial charge in [-0.1, -0.05) is 13.0 Å². The Kier molecular flexibility index (Phi) is 4.43. The van der Waals surface area contributed by atoms with Crippen LogP contribution >= 0.6 is 0 Å². The Hall–Kier alpha value is -1.89. The van der Waals surface area contributed by atoms with Gasteiger partial charge in [0.1, 0.15) is 5.75 Å². The Balaban J connectivity index is 2.77. The number of carboxylic acid groups (broad SMARTS) is 1. The van der Waals surface area contributed by atoms with Gasteiger partial charge in [-0.05, 0) is 18.2 Å². The fourth-order valence-electron chi connectivity index (χ4n) is 1.23. The van der Waals surface area contributed by atoms with E-state index in [4.69, 9.17) is 5.11 Å². The minimum absolute atomic E-state index is 0.0196. The van der Waals surface area contributed by atoms with Gasteiger partial charge in [-0.2, -0.15) is 0 Å². The molecule has 0 atom stereocenters.